The lowest BCUT2D eigenvalue weighted by molar-refractivity contribution is -0.0475. The molecule has 98 valence electrons. The SMILES string of the molecule is CNCC1(c2ccc(F)cc2Cl)CC2(CCC2)C1. The van der Waals surface area contributed by atoms with Crippen molar-refractivity contribution in [1.29, 1.82) is 0 Å². The van der Waals surface area contributed by atoms with Crippen LogP contribution in [-0.2, 0) is 5.41 Å². The molecule has 2 aliphatic rings. The van der Waals surface area contributed by atoms with Crippen LogP contribution in [0.3, 0.4) is 0 Å². The molecule has 0 atom stereocenters. The Morgan fingerprint density at radius 2 is 2.06 bits per heavy atom. The summed E-state index contributed by atoms with van der Waals surface area (Å²) < 4.78 is 13.2. The van der Waals surface area contributed by atoms with E-state index in [9.17, 15) is 4.39 Å². The topological polar surface area (TPSA) is 12.0 Å². The van der Waals surface area contributed by atoms with Crippen LogP contribution in [-0.4, -0.2) is 13.6 Å². The van der Waals surface area contributed by atoms with E-state index >= 15 is 0 Å². The first kappa shape index (κ1) is 12.4. The van der Waals surface area contributed by atoms with E-state index in [1.807, 2.05) is 13.1 Å². The number of benzene rings is 1. The molecule has 0 heterocycles. The lowest BCUT2D eigenvalue weighted by Gasteiger charge is -2.61. The molecular weight excluding hydrogens is 249 g/mol. The highest BCUT2D eigenvalue weighted by Crippen LogP contribution is 2.65. The summed E-state index contributed by atoms with van der Waals surface area (Å²) in [4.78, 5) is 0. The quantitative estimate of drug-likeness (QED) is 0.876. The third kappa shape index (κ3) is 1.78. The molecule has 3 rings (SSSR count). The van der Waals surface area contributed by atoms with Gasteiger partial charge in [-0.25, -0.2) is 4.39 Å². The average Bonchev–Trinajstić information content (AvgIpc) is 2.21. The molecule has 0 aromatic heterocycles. The van der Waals surface area contributed by atoms with Gasteiger partial charge in [0.05, 0.1) is 0 Å². The van der Waals surface area contributed by atoms with Crippen molar-refractivity contribution >= 4 is 11.6 Å². The zero-order valence-corrected chi connectivity index (χ0v) is 11.5. The van der Waals surface area contributed by atoms with Gasteiger partial charge in [0.1, 0.15) is 5.82 Å². The molecule has 2 aliphatic carbocycles. The van der Waals surface area contributed by atoms with Gasteiger partial charge in [0, 0.05) is 17.0 Å². The molecule has 1 aromatic carbocycles. The van der Waals surface area contributed by atoms with Gasteiger partial charge in [-0.3, -0.25) is 0 Å². The molecule has 1 spiro atoms. The summed E-state index contributed by atoms with van der Waals surface area (Å²) in [7, 11) is 1.98. The molecule has 1 nitrogen and oxygen atoms in total. The Hall–Kier alpha value is -0.600. The largest absolute Gasteiger partial charge is 0.319 e. The molecule has 1 aromatic rings. The maximum Gasteiger partial charge on any atom is 0.124 e. The van der Waals surface area contributed by atoms with E-state index in [0.29, 0.717) is 10.4 Å². The molecule has 0 unspecified atom stereocenters. The normalized spacial score (nSPS) is 23.5. The van der Waals surface area contributed by atoms with E-state index in [1.165, 1.54) is 44.2 Å². The van der Waals surface area contributed by atoms with Crippen LogP contribution in [0.25, 0.3) is 0 Å². The standard InChI is InChI=1S/C15H19ClFN/c1-18-10-15(8-14(9-15)5-2-6-14)12-4-3-11(17)7-13(12)16/h3-4,7,18H,2,5-6,8-10H2,1H3. The highest BCUT2D eigenvalue weighted by molar-refractivity contribution is 6.31. The van der Waals surface area contributed by atoms with E-state index in [0.717, 1.165) is 12.1 Å². The third-order valence-electron chi connectivity index (χ3n) is 4.86. The maximum absolute atomic E-state index is 13.2. The van der Waals surface area contributed by atoms with Gasteiger partial charge in [-0.05, 0) is 55.8 Å². The second-order valence-electron chi connectivity index (χ2n) is 6.14. The highest BCUT2D eigenvalue weighted by Gasteiger charge is 2.57. The van der Waals surface area contributed by atoms with Gasteiger partial charge in [-0.15, -0.1) is 0 Å². The molecule has 3 heteroatoms. The van der Waals surface area contributed by atoms with E-state index in [4.69, 9.17) is 11.6 Å². The molecular formula is C15H19ClFN. The molecule has 0 bridgehead atoms. The number of halogens is 2. The molecule has 2 saturated carbocycles. The number of nitrogens with one attached hydrogen (secondary N) is 1. The molecule has 0 radical (unpaired) electrons. The molecule has 0 amide bonds. The van der Waals surface area contributed by atoms with Crippen LogP contribution in [0.2, 0.25) is 5.02 Å². The van der Waals surface area contributed by atoms with Crippen molar-refractivity contribution in [3.8, 4) is 0 Å². The van der Waals surface area contributed by atoms with Crippen LogP contribution < -0.4 is 5.32 Å². The summed E-state index contributed by atoms with van der Waals surface area (Å²) in [6.07, 6.45) is 6.49. The van der Waals surface area contributed by atoms with Crippen molar-refractivity contribution in [2.24, 2.45) is 5.41 Å². The Kier molecular flexibility index (Phi) is 2.91. The van der Waals surface area contributed by atoms with Gasteiger partial charge >= 0.3 is 0 Å². The minimum absolute atomic E-state index is 0.125. The third-order valence-corrected chi connectivity index (χ3v) is 5.17. The van der Waals surface area contributed by atoms with Crippen molar-refractivity contribution in [3.63, 3.8) is 0 Å². The highest BCUT2D eigenvalue weighted by atomic mass is 35.5. The summed E-state index contributed by atoms with van der Waals surface area (Å²) in [5.41, 5.74) is 1.83. The number of hydrogen-bond donors (Lipinski definition) is 1. The first-order chi connectivity index (χ1) is 8.59. The van der Waals surface area contributed by atoms with Gasteiger partial charge in [0.25, 0.3) is 0 Å². The van der Waals surface area contributed by atoms with Crippen molar-refractivity contribution in [2.45, 2.75) is 37.5 Å². The summed E-state index contributed by atoms with van der Waals surface area (Å²) in [5, 5.41) is 3.87. The van der Waals surface area contributed by atoms with E-state index in [1.54, 1.807) is 0 Å². The zero-order valence-electron chi connectivity index (χ0n) is 10.7. The van der Waals surface area contributed by atoms with E-state index in [-0.39, 0.29) is 11.2 Å². The Balaban J connectivity index is 1.90. The van der Waals surface area contributed by atoms with Gasteiger partial charge in [0.15, 0.2) is 0 Å². The first-order valence-electron chi connectivity index (χ1n) is 6.69. The van der Waals surface area contributed by atoms with Crippen molar-refractivity contribution in [1.82, 2.24) is 5.32 Å². The average molecular weight is 268 g/mol. The summed E-state index contributed by atoms with van der Waals surface area (Å²) >= 11 is 6.25. The minimum atomic E-state index is -0.249. The minimum Gasteiger partial charge on any atom is -0.319 e. The van der Waals surface area contributed by atoms with Gasteiger partial charge in [-0.2, -0.15) is 0 Å². The van der Waals surface area contributed by atoms with Crippen LogP contribution in [0.1, 0.15) is 37.7 Å². The first-order valence-corrected chi connectivity index (χ1v) is 7.07. The smallest absolute Gasteiger partial charge is 0.124 e. The van der Waals surface area contributed by atoms with Crippen molar-refractivity contribution in [2.75, 3.05) is 13.6 Å². The fraction of sp³-hybridized carbons (Fsp3) is 0.600. The number of rotatable bonds is 3. The number of hydrogen-bond acceptors (Lipinski definition) is 1. The van der Waals surface area contributed by atoms with Crippen LogP contribution in [0.15, 0.2) is 18.2 Å². The lowest BCUT2D eigenvalue weighted by Crippen LogP contribution is -2.57. The Morgan fingerprint density at radius 3 is 2.56 bits per heavy atom. The number of likely N-dealkylation sites (N-methyl/N-ethyl adjacent to an activating group) is 1. The summed E-state index contributed by atoms with van der Waals surface area (Å²) in [5.74, 6) is -0.249. The summed E-state index contributed by atoms with van der Waals surface area (Å²) in [6.45, 7) is 0.931. The predicted molar refractivity (Wildman–Crippen MR) is 72.5 cm³/mol. The predicted octanol–water partition coefficient (Wildman–Crippen LogP) is 3.90. The lowest BCUT2D eigenvalue weighted by atomic mass is 9.43. The molecule has 18 heavy (non-hydrogen) atoms. The molecule has 2 fully saturated rings. The van der Waals surface area contributed by atoms with Crippen molar-refractivity contribution in [3.05, 3.63) is 34.6 Å². The van der Waals surface area contributed by atoms with Crippen LogP contribution >= 0.6 is 11.6 Å². The van der Waals surface area contributed by atoms with Gasteiger partial charge in [-0.1, -0.05) is 24.1 Å². The van der Waals surface area contributed by atoms with E-state index < -0.39 is 0 Å². The Morgan fingerprint density at radius 1 is 1.33 bits per heavy atom. The molecule has 0 aliphatic heterocycles. The van der Waals surface area contributed by atoms with E-state index in [2.05, 4.69) is 5.32 Å². The monoisotopic (exact) mass is 267 g/mol. The Labute approximate surface area is 113 Å². The van der Waals surface area contributed by atoms with Crippen LogP contribution in [0.5, 0.6) is 0 Å². The summed E-state index contributed by atoms with van der Waals surface area (Å²) in [6, 6.07) is 4.85. The van der Waals surface area contributed by atoms with Crippen LogP contribution in [0.4, 0.5) is 4.39 Å². The second kappa shape index (κ2) is 4.21. The fourth-order valence-electron chi connectivity index (χ4n) is 4.08. The van der Waals surface area contributed by atoms with Crippen LogP contribution in [0, 0.1) is 11.2 Å². The van der Waals surface area contributed by atoms with Gasteiger partial charge in [0.2, 0.25) is 0 Å². The molecule has 1 N–H and O–H groups in total. The van der Waals surface area contributed by atoms with Crippen molar-refractivity contribution < 1.29 is 4.39 Å². The molecule has 0 saturated heterocycles. The Bertz CT molecular complexity index is 460. The maximum atomic E-state index is 13.2. The fourth-order valence-corrected chi connectivity index (χ4v) is 4.45. The van der Waals surface area contributed by atoms with Gasteiger partial charge < -0.3 is 5.32 Å². The second-order valence-corrected chi connectivity index (χ2v) is 6.55. The zero-order chi connectivity index (χ0) is 12.8.